The Labute approximate surface area is 112 Å². The number of fused-ring (bicyclic) bond motifs is 3. The van der Waals surface area contributed by atoms with Gasteiger partial charge in [0.05, 0.1) is 12.0 Å². The molecule has 3 fully saturated rings. The van der Waals surface area contributed by atoms with Crippen LogP contribution < -0.4 is 0 Å². The summed E-state index contributed by atoms with van der Waals surface area (Å²) >= 11 is 0. The first-order valence-corrected chi connectivity index (χ1v) is 7.01. The fourth-order valence-corrected chi connectivity index (χ4v) is 4.60. The minimum Gasteiger partial charge on any atom is -0.458 e. The maximum absolute atomic E-state index is 11.7. The van der Waals surface area contributed by atoms with Crippen LogP contribution in [-0.2, 0) is 14.3 Å². The van der Waals surface area contributed by atoms with Gasteiger partial charge < -0.3 is 14.6 Å². The Morgan fingerprint density at radius 1 is 1.53 bits per heavy atom. The smallest absolute Gasteiger partial charge is 0.334 e. The average molecular weight is 264 g/mol. The summed E-state index contributed by atoms with van der Waals surface area (Å²) in [6.07, 6.45) is 3.50. The van der Waals surface area contributed by atoms with Crippen molar-refractivity contribution in [3.63, 3.8) is 0 Å². The molecule has 4 heteroatoms. The van der Waals surface area contributed by atoms with Crippen LogP contribution in [0.15, 0.2) is 12.2 Å². The average Bonchev–Trinajstić information content (AvgIpc) is 2.64. The first-order valence-electron chi connectivity index (χ1n) is 7.01. The highest BCUT2D eigenvalue weighted by Gasteiger charge is 2.59. The number of aliphatic hydroxyl groups excluding tert-OH is 1. The third-order valence-electron chi connectivity index (χ3n) is 5.43. The van der Waals surface area contributed by atoms with E-state index < -0.39 is 12.1 Å². The van der Waals surface area contributed by atoms with Gasteiger partial charge in [0.1, 0.15) is 12.4 Å². The van der Waals surface area contributed by atoms with Crippen molar-refractivity contribution in [2.24, 2.45) is 23.2 Å². The Balaban J connectivity index is 2.01. The molecule has 1 aliphatic heterocycles. The molecule has 0 aromatic carbocycles. The molecule has 0 spiro atoms. The second kappa shape index (κ2) is 4.17. The second-order valence-electron chi connectivity index (χ2n) is 6.56. The SMILES string of the molecule is C=C1C(=O)OC2C1C(O)CC1(C)CCCC(C=O)C21. The molecule has 1 heterocycles. The molecule has 0 amide bonds. The van der Waals surface area contributed by atoms with Gasteiger partial charge in [-0.1, -0.05) is 19.9 Å². The maximum Gasteiger partial charge on any atom is 0.334 e. The van der Waals surface area contributed by atoms with Gasteiger partial charge in [0.25, 0.3) is 0 Å². The molecule has 104 valence electrons. The van der Waals surface area contributed by atoms with Crippen LogP contribution in [0.4, 0.5) is 0 Å². The monoisotopic (exact) mass is 264 g/mol. The van der Waals surface area contributed by atoms with E-state index in [-0.39, 0.29) is 29.3 Å². The lowest BCUT2D eigenvalue weighted by atomic mass is 9.53. The van der Waals surface area contributed by atoms with E-state index in [1.54, 1.807) is 0 Å². The molecule has 0 aromatic rings. The first kappa shape index (κ1) is 12.9. The normalized spacial score (nSPS) is 49.3. The highest BCUT2D eigenvalue weighted by atomic mass is 16.6. The Morgan fingerprint density at radius 2 is 2.26 bits per heavy atom. The number of carbonyl (C=O) groups excluding carboxylic acids is 2. The summed E-state index contributed by atoms with van der Waals surface area (Å²) in [6, 6.07) is 0. The summed E-state index contributed by atoms with van der Waals surface area (Å²) in [5.74, 6) is -0.785. The predicted molar refractivity (Wildman–Crippen MR) is 68.1 cm³/mol. The lowest BCUT2D eigenvalue weighted by Crippen LogP contribution is -2.55. The Hall–Kier alpha value is -1.16. The molecule has 1 N–H and O–H groups in total. The van der Waals surface area contributed by atoms with Crippen LogP contribution in [0.1, 0.15) is 32.6 Å². The van der Waals surface area contributed by atoms with E-state index in [9.17, 15) is 14.7 Å². The Bertz CT molecular complexity index is 443. The number of hydrogen-bond donors (Lipinski definition) is 1. The third kappa shape index (κ3) is 1.69. The van der Waals surface area contributed by atoms with Crippen LogP contribution in [-0.4, -0.2) is 29.6 Å². The fourth-order valence-electron chi connectivity index (χ4n) is 4.60. The third-order valence-corrected chi connectivity index (χ3v) is 5.43. The lowest BCUT2D eigenvalue weighted by Gasteiger charge is -2.53. The molecule has 2 saturated carbocycles. The molecule has 6 unspecified atom stereocenters. The Morgan fingerprint density at radius 3 is 2.95 bits per heavy atom. The number of aliphatic hydroxyl groups is 1. The molecule has 1 saturated heterocycles. The minimum atomic E-state index is -0.587. The standard InChI is InChI=1S/C15H20O4/c1-8-11-10(17)6-15(2)5-3-4-9(7-16)12(15)13(11)19-14(8)18/h7,9-13,17H,1,3-6H2,2H3. The molecule has 3 aliphatic rings. The van der Waals surface area contributed by atoms with Gasteiger partial charge >= 0.3 is 5.97 Å². The topological polar surface area (TPSA) is 63.6 Å². The molecule has 4 nitrogen and oxygen atoms in total. The molecule has 0 radical (unpaired) electrons. The van der Waals surface area contributed by atoms with Gasteiger partial charge in [-0.25, -0.2) is 4.79 Å². The van der Waals surface area contributed by atoms with Crippen LogP contribution in [0.2, 0.25) is 0 Å². The second-order valence-corrected chi connectivity index (χ2v) is 6.56. The lowest BCUT2D eigenvalue weighted by molar-refractivity contribution is -0.163. The van der Waals surface area contributed by atoms with Gasteiger partial charge in [-0.05, 0) is 24.7 Å². The van der Waals surface area contributed by atoms with Crippen molar-refractivity contribution >= 4 is 12.3 Å². The van der Waals surface area contributed by atoms with Gasteiger partial charge in [0.15, 0.2) is 0 Å². The number of ether oxygens (including phenoxy) is 1. The number of esters is 1. The molecule has 2 aliphatic carbocycles. The van der Waals surface area contributed by atoms with Crippen LogP contribution in [0, 0.1) is 23.2 Å². The van der Waals surface area contributed by atoms with E-state index in [0.29, 0.717) is 12.0 Å². The summed E-state index contributed by atoms with van der Waals surface area (Å²) < 4.78 is 5.46. The summed E-state index contributed by atoms with van der Waals surface area (Å²) in [5.41, 5.74) is 0.254. The fraction of sp³-hybridized carbons (Fsp3) is 0.733. The molecule has 3 rings (SSSR count). The summed E-state index contributed by atoms with van der Waals surface area (Å²) in [5, 5.41) is 10.3. The maximum atomic E-state index is 11.7. The summed E-state index contributed by atoms with van der Waals surface area (Å²) in [7, 11) is 0. The molecular formula is C15H20O4. The number of carbonyl (C=O) groups is 2. The molecular weight excluding hydrogens is 244 g/mol. The van der Waals surface area contributed by atoms with Gasteiger partial charge in [0, 0.05) is 17.4 Å². The first-order chi connectivity index (χ1) is 8.98. The highest BCUT2D eigenvalue weighted by molar-refractivity contribution is 5.91. The predicted octanol–water partition coefficient (Wildman–Crippen LogP) is 1.47. The van der Waals surface area contributed by atoms with Crippen molar-refractivity contribution in [1.29, 1.82) is 0 Å². The largest absolute Gasteiger partial charge is 0.458 e. The summed E-state index contributed by atoms with van der Waals surface area (Å²) in [6.45, 7) is 5.87. The number of hydrogen-bond acceptors (Lipinski definition) is 4. The van der Waals surface area contributed by atoms with Crippen molar-refractivity contribution in [2.45, 2.75) is 44.8 Å². The quantitative estimate of drug-likeness (QED) is 0.442. The summed E-state index contributed by atoms with van der Waals surface area (Å²) in [4.78, 5) is 23.1. The number of aldehydes is 1. The highest BCUT2D eigenvalue weighted by Crippen LogP contribution is 2.57. The minimum absolute atomic E-state index is 0.0235. The molecule has 0 aromatic heterocycles. The zero-order valence-electron chi connectivity index (χ0n) is 11.2. The van der Waals surface area contributed by atoms with E-state index in [4.69, 9.17) is 4.74 Å². The zero-order valence-corrected chi connectivity index (χ0v) is 11.2. The van der Waals surface area contributed by atoms with Crippen molar-refractivity contribution in [3.05, 3.63) is 12.2 Å². The van der Waals surface area contributed by atoms with E-state index in [1.165, 1.54) is 0 Å². The van der Waals surface area contributed by atoms with E-state index in [0.717, 1.165) is 25.5 Å². The van der Waals surface area contributed by atoms with Crippen LogP contribution in [0.25, 0.3) is 0 Å². The van der Waals surface area contributed by atoms with Gasteiger partial charge in [0.2, 0.25) is 0 Å². The van der Waals surface area contributed by atoms with Crippen molar-refractivity contribution in [3.8, 4) is 0 Å². The van der Waals surface area contributed by atoms with Crippen molar-refractivity contribution in [2.75, 3.05) is 0 Å². The van der Waals surface area contributed by atoms with Crippen LogP contribution >= 0.6 is 0 Å². The molecule has 6 atom stereocenters. The Kier molecular flexibility index (Phi) is 2.82. The van der Waals surface area contributed by atoms with Gasteiger partial charge in [-0.2, -0.15) is 0 Å². The van der Waals surface area contributed by atoms with Crippen LogP contribution in [0.3, 0.4) is 0 Å². The van der Waals surface area contributed by atoms with E-state index in [1.807, 2.05) is 0 Å². The van der Waals surface area contributed by atoms with Crippen molar-refractivity contribution in [1.82, 2.24) is 0 Å². The number of rotatable bonds is 1. The van der Waals surface area contributed by atoms with Gasteiger partial charge in [-0.3, -0.25) is 0 Å². The molecule has 19 heavy (non-hydrogen) atoms. The molecule has 0 bridgehead atoms. The van der Waals surface area contributed by atoms with E-state index in [2.05, 4.69) is 13.5 Å². The zero-order chi connectivity index (χ0) is 13.8. The van der Waals surface area contributed by atoms with Crippen LogP contribution in [0.5, 0.6) is 0 Å². The van der Waals surface area contributed by atoms with Crippen molar-refractivity contribution < 1.29 is 19.4 Å². The van der Waals surface area contributed by atoms with Gasteiger partial charge in [-0.15, -0.1) is 0 Å². The van der Waals surface area contributed by atoms with E-state index >= 15 is 0 Å².